The van der Waals surface area contributed by atoms with Gasteiger partial charge in [0, 0.05) is 23.7 Å². The summed E-state index contributed by atoms with van der Waals surface area (Å²) in [6.45, 7) is 3.74. The first-order valence-corrected chi connectivity index (χ1v) is 11.3. The molecule has 0 bridgehead atoms. The lowest BCUT2D eigenvalue weighted by molar-refractivity contribution is -0.161. The van der Waals surface area contributed by atoms with Crippen molar-refractivity contribution in [2.45, 2.75) is 69.5 Å². The summed E-state index contributed by atoms with van der Waals surface area (Å²) in [5.41, 5.74) is 1.27. The first-order valence-electron chi connectivity index (χ1n) is 10.3. The van der Waals surface area contributed by atoms with Gasteiger partial charge in [0.2, 0.25) is 0 Å². The first-order chi connectivity index (χ1) is 13.7. The summed E-state index contributed by atoms with van der Waals surface area (Å²) in [7, 11) is 0. The second kappa shape index (κ2) is 13.7. The van der Waals surface area contributed by atoms with E-state index in [1.165, 1.54) is 16.9 Å². The molecule has 28 heavy (non-hydrogen) atoms. The number of carbonyl (C=O) groups excluding carboxylic acids is 2. The third-order valence-electron chi connectivity index (χ3n) is 4.47. The zero-order valence-corrected chi connectivity index (χ0v) is 17.6. The Kier molecular flexibility index (Phi) is 11.3. The van der Waals surface area contributed by atoms with Crippen molar-refractivity contribution in [3.05, 3.63) is 29.8 Å². The third kappa shape index (κ3) is 9.22. The first kappa shape index (κ1) is 22.9. The fraction of sp³-hybridized carbons (Fsp3) is 0.636. The minimum atomic E-state index is -0.411. The van der Waals surface area contributed by atoms with Gasteiger partial charge in [-0.15, -0.1) is 11.8 Å². The van der Waals surface area contributed by atoms with Gasteiger partial charge in [0.05, 0.1) is 13.2 Å². The Morgan fingerprint density at radius 3 is 2.86 bits per heavy atom. The molecule has 0 aliphatic carbocycles. The molecule has 1 saturated heterocycles. The number of esters is 1. The van der Waals surface area contributed by atoms with Crippen LogP contribution in [0.2, 0.25) is 0 Å². The molecule has 156 valence electrons. The zero-order chi connectivity index (χ0) is 20.0. The van der Waals surface area contributed by atoms with E-state index in [-0.39, 0.29) is 18.5 Å². The van der Waals surface area contributed by atoms with Crippen molar-refractivity contribution in [2.24, 2.45) is 0 Å². The fourth-order valence-electron chi connectivity index (χ4n) is 3.00. The maximum atomic E-state index is 11.6. The zero-order valence-electron chi connectivity index (χ0n) is 16.8. The lowest BCUT2D eigenvalue weighted by Gasteiger charge is -2.22. The van der Waals surface area contributed by atoms with Crippen molar-refractivity contribution in [3.63, 3.8) is 0 Å². The van der Waals surface area contributed by atoms with Crippen molar-refractivity contribution in [1.82, 2.24) is 0 Å². The van der Waals surface area contributed by atoms with Crippen LogP contribution in [0.3, 0.4) is 0 Å². The Hall–Kier alpha value is -1.37. The highest BCUT2D eigenvalue weighted by Gasteiger charge is 2.14. The minimum absolute atomic E-state index is 0.0448. The molecule has 6 heteroatoms. The van der Waals surface area contributed by atoms with Crippen LogP contribution in [0.25, 0.3) is 0 Å². The summed E-state index contributed by atoms with van der Waals surface area (Å²) in [6.07, 6.45) is 5.97. The van der Waals surface area contributed by atoms with E-state index in [9.17, 15) is 9.59 Å². The molecule has 1 fully saturated rings. The standard InChI is InChI=1S/C22H32O5S/c1-2-8-19(23)17-21(24)25-14-7-16-28-20-10-4-3-9-18(20)12-15-27-22-11-5-6-13-26-22/h3-4,9-10,22H,2,5-8,11-17H2,1H3. The smallest absolute Gasteiger partial charge is 0.313 e. The van der Waals surface area contributed by atoms with Crippen molar-refractivity contribution in [2.75, 3.05) is 25.6 Å². The largest absolute Gasteiger partial charge is 0.465 e. The Labute approximate surface area is 172 Å². The monoisotopic (exact) mass is 408 g/mol. The minimum Gasteiger partial charge on any atom is -0.465 e. The van der Waals surface area contributed by atoms with Crippen LogP contribution >= 0.6 is 11.8 Å². The number of carbonyl (C=O) groups is 2. The number of ether oxygens (including phenoxy) is 3. The lowest BCUT2D eigenvalue weighted by Crippen LogP contribution is -2.23. The summed E-state index contributed by atoms with van der Waals surface area (Å²) < 4.78 is 16.6. The second-order valence-corrected chi connectivity index (χ2v) is 8.05. The molecule has 1 aromatic rings. The normalized spacial score (nSPS) is 16.7. The number of Topliss-reactive ketones (excluding diaryl/α,β-unsaturated/α-hetero) is 1. The molecule has 0 spiro atoms. The molecule has 1 atom stereocenters. The van der Waals surface area contributed by atoms with E-state index in [4.69, 9.17) is 14.2 Å². The van der Waals surface area contributed by atoms with Crippen molar-refractivity contribution >= 4 is 23.5 Å². The van der Waals surface area contributed by atoms with Crippen LogP contribution in [0.1, 0.15) is 57.4 Å². The molecule has 1 heterocycles. The van der Waals surface area contributed by atoms with Crippen LogP contribution in [-0.2, 0) is 30.2 Å². The number of hydrogen-bond donors (Lipinski definition) is 0. The number of thioether (sulfide) groups is 1. The average molecular weight is 409 g/mol. The highest BCUT2D eigenvalue weighted by Crippen LogP contribution is 2.24. The van der Waals surface area contributed by atoms with Gasteiger partial charge in [0.25, 0.3) is 0 Å². The highest BCUT2D eigenvalue weighted by molar-refractivity contribution is 7.99. The molecule has 1 aromatic carbocycles. The summed E-state index contributed by atoms with van der Waals surface area (Å²) in [6, 6.07) is 8.33. The molecule has 0 saturated carbocycles. The molecule has 5 nitrogen and oxygen atoms in total. The van der Waals surface area contributed by atoms with E-state index in [1.54, 1.807) is 11.8 Å². The van der Waals surface area contributed by atoms with Crippen LogP contribution < -0.4 is 0 Å². The number of ketones is 1. The molecule has 0 aromatic heterocycles. The second-order valence-electron chi connectivity index (χ2n) is 6.91. The van der Waals surface area contributed by atoms with Crippen LogP contribution in [0.15, 0.2) is 29.2 Å². The molecule has 2 rings (SSSR count). The molecule has 1 unspecified atom stereocenters. The molecule has 0 radical (unpaired) electrons. The van der Waals surface area contributed by atoms with Gasteiger partial charge in [-0.3, -0.25) is 9.59 Å². The van der Waals surface area contributed by atoms with E-state index < -0.39 is 5.97 Å². The molecule has 1 aliphatic heterocycles. The highest BCUT2D eigenvalue weighted by atomic mass is 32.2. The number of rotatable bonds is 13. The predicted octanol–water partition coefficient (Wildman–Crippen LogP) is 4.56. The van der Waals surface area contributed by atoms with Gasteiger partial charge >= 0.3 is 5.97 Å². The van der Waals surface area contributed by atoms with Gasteiger partial charge in [-0.2, -0.15) is 0 Å². The SMILES string of the molecule is CCCC(=O)CC(=O)OCCCSc1ccccc1CCOC1CCCCO1. The Bertz CT molecular complexity index is 598. The van der Waals surface area contributed by atoms with E-state index in [0.29, 0.717) is 19.6 Å². The Morgan fingerprint density at radius 1 is 1.21 bits per heavy atom. The van der Waals surface area contributed by atoms with Gasteiger partial charge in [-0.05, 0) is 50.2 Å². The summed E-state index contributed by atoms with van der Waals surface area (Å²) in [5.74, 6) is 0.405. The number of hydrogen-bond acceptors (Lipinski definition) is 6. The quantitative estimate of drug-likeness (QED) is 0.206. The van der Waals surface area contributed by atoms with Crippen molar-refractivity contribution < 1.29 is 23.8 Å². The van der Waals surface area contributed by atoms with Crippen LogP contribution in [0.5, 0.6) is 0 Å². The number of benzene rings is 1. The van der Waals surface area contributed by atoms with E-state index in [1.807, 2.05) is 19.1 Å². The summed E-state index contributed by atoms with van der Waals surface area (Å²) in [4.78, 5) is 24.3. The topological polar surface area (TPSA) is 61.8 Å². The molecule has 0 amide bonds. The van der Waals surface area contributed by atoms with Crippen LogP contribution in [-0.4, -0.2) is 43.6 Å². The van der Waals surface area contributed by atoms with Gasteiger partial charge in [-0.25, -0.2) is 0 Å². The average Bonchev–Trinajstić information content (AvgIpc) is 2.70. The Balaban J connectivity index is 1.62. The van der Waals surface area contributed by atoms with Gasteiger partial charge in [-0.1, -0.05) is 25.1 Å². The molecule has 0 N–H and O–H groups in total. The third-order valence-corrected chi connectivity index (χ3v) is 5.67. The summed E-state index contributed by atoms with van der Waals surface area (Å²) in [5, 5.41) is 0. The van der Waals surface area contributed by atoms with E-state index >= 15 is 0 Å². The van der Waals surface area contributed by atoms with Gasteiger partial charge in [0.15, 0.2) is 6.29 Å². The van der Waals surface area contributed by atoms with Crippen molar-refractivity contribution in [1.29, 1.82) is 0 Å². The summed E-state index contributed by atoms with van der Waals surface area (Å²) >= 11 is 1.76. The lowest BCUT2D eigenvalue weighted by atomic mass is 10.1. The maximum absolute atomic E-state index is 11.6. The molecular formula is C22H32O5S. The van der Waals surface area contributed by atoms with Crippen LogP contribution in [0.4, 0.5) is 0 Å². The maximum Gasteiger partial charge on any atom is 0.313 e. The fourth-order valence-corrected chi connectivity index (χ4v) is 4.01. The molecular weight excluding hydrogens is 376 g/mol. The Morgan fingerprint density at radius 2 is 2.07 bits per heavy atom. The van der Waals surface area contributed by atoms with E-state index in [2.05, 4.69) is 12.1 Å². The molecule has 1 aliphatic rings. The van der Waals surface area contributed by atoms with Crippen LogP contribution in [0, 0.1) is 0 Å². The predicted molar refractivity (Wildman–Crippen MR) is 111 cm³/mol. The van der Waals surface area contributed by atoms with Gasteiger partial charge in [0.1, 0.15) is 12.2 Å². The van der Waals surface area contributed by atoms with E-state index in [0.717, 1.165) is 44.5 Å². The van der Waals surface area contributed by atoms with Gasteiger partial charge < -0.3 is 14.2 Å². The van der Waals surface area contributed by atoms with Crippen molar-refractivity contribution in [3.8, 4) is 0 Å².